The summed E-state index contributed by atoms with van der Waals surface area (Å²) in [6, 6.07) is 9.27. The van der Waals surface area contributed by atoms with Crippen LogP contribution in [0.25, 0.3) is 16.6 Å². The van der Waals surface area contributed by atoms with Crippen molar-refractivity contribution in [1.82, 2.24) is 14.8 Å². The minimum absolute atomic E-state index is 0.260. The highest BCUT2D eigenvalue weighted by molar-refractivity contribution is 6.02. The molecule has 3 rings (SSSR count). The average Bonchev–Trinajstić information content (AvgIpc) is 3.10. The fourth-order valence-electron chi connectivity index (χ4n) is 2.05. The second kappa shape index (κ2) is 8.16. The Kier molecular flexibility index (Phi) is 5.93. The van der Waals surface area contributed by atoms with Crippen molar-refractivity contribution in [2.45, 2.75) is 6.18 Å². The van der Waals surface area contributed by atoms with Gasteiger partial charge in [0.25, 0.3) is 5.91 Å². The number of halogens is 3. The molecule has 9 nitrogen and oxygen atoms in total. The van der Waals surface area contributed by atoms with Gasteiger partial charge in [-0.05, 0) is 12.1 Å². The van der Waals surface area contributed by atoms with Gasteiger partial charge in [0.15, 0.2) is 5.96 Å². The van der Waals surface area contributed by atoms with Crippen molar-refractivity contribution in [2.24, 2.45) is 16.5 Å². The maximum atomic E-state index is 11.8. The van der Waals surface area contributed by atoms with E-state index >= 15 is 0 Å². The summed E-state index contributed by atoms with van der Waals surface area (Å²) in [6.45, 7) is 0. The number of rotatable bonds is 2. The van der Waals surface area contributed by atoms with E-state index in [9.17, 15) is 18.0 Å². The van der Waals surface area contributed by atoms with Crippen LogP contribution in [0.1, 0.15) is 10.4 Å². The Balaban J connectivity index is 0.000000345. The molecule has 5 N–H and O–H groups in total. The first kappa shape index (κ1) is 20.4. The molecule has 0 aliphatic heterocycles. The molecule has 0 radical (unpaired) electrons. The molecule has 146 valence electrons. The van der Waals surface area contributed by atoms with E-state index in [0.717, 1.165) is 16.6 Å². The number of carbonyl (C=O) groups excluding carboxylic acids is 1. The molecule has 0 fully saturated rings. The molecule has 12 heteroatoms. The lowest BCUT2D eigenvalue weighted by molar-refractivity contribution is -0.192. The van der Waals surface area contributed by atoms with Crippen LogP contribution in [-0.4, -0.2) is 43.9 Å². The molecule has 1 amide bonds. The van der Waals surface area contributed by atoms with Gasteiger partial charge >= 0.3 is 12.1 Å². The van der Waals surface area contributed by atoms with Gasteiger partial charge in [-0.3, -0.25) is 4.79 Å². The number of carboxylic acid groups (broad SMARTS) is 1. The highest BCUT2D eigenvalue weighted by Crippen LogP contribution is 2.20. The summed E-state index contributed by atoms with van der Waals surface area (Å²) in [5.41, 5.74) is 12.4. The maximum Gasteiger partial charge on any atom is 0.490 e. The van der Waals surface area contributed by atoms with Crippen LogP contribution < -0.4 is 11.5 Å². The number of carbonyl (C=O) groups is 2. The van der Waals surface area contributed by atoms with Crippen LogP contribution in [0.2, 0.25) is 0 Å². The molecule has 0 unspecified atom stereocenters. The molecule has 28 heavy (non-hydrogen) atoms. The summed E-state index contributed by atoms with van der Waals surface area (Å²) in [5.74, 6) is -3.50. The SMILES string of the molecule is NC(N)=NC(=O)c1ccn(-c2cnnc3ccccc23)c1.O=C(O)C(F)(F)F. The van der Waals surface area contributed by atoms with E-state index in [4.69, 9.17) is 21.4 Å². The van der Waals surface area contributed by atoms with Crippen LogP contribution in [0, 0.1) is 0 Å². The maximum absolute atomic E-state index is 11.8. The third-order valence-corrected chi connectivity index (χ3v) is 3.22. The predicted molar refractivity (Wildman–Crippen MR) is 92.7 cm³/mol. The zero-order chi connectivity index (χ0) is 20.9. The van der Waals surface area contributed by atoms with E-state index in [2.05, 4.69) is 15.2 Å². The van der Waals surface area contributed by atoms with Gasteiger partial charge in [-0.25, -0.2) is 4.79 Å². The Morgan fingerprint density at radius 1 is 1.14 bits per heavy atom. The monoisotopic (exact) mass is 394 g/mol. The number of hydrogen-bond donors (Lipinski definition) is 3. The van der Waals surface area contributed by atoms with Gasteiger partial charge in [0.05, 0.1) is 23.0 Å². The van der Waals surface area contributed by atoms with Crippen LogP contribution in [0.15, 0.2) is 53.9 Å². The number of nitrogens with zero attached hydrogens (tertiary/aromatic N) is 4. The number of carboxylic acids is 1. The Morgan fingerprint density at radius 3 is 2.39 bits per heavy atom. The van der Waals surface area contributed by atoms with Crippen molar-refractivity contribution in [3.8, 4) is 5.69 Å². The fraction of sp³-hybridized carbons (Fsp3) is 0.0625. The fourth-order valence-corrected chi connectivity index (χ4v) is 2.05. The molecular weight excluding hydrogens is 381 g/mol. The van der Waals surface area contributed by atoms with Gasteiger partial charge in [-0.1, -0.05) is 18.2 Å². The Bertz CT molecular complexity index is 1040. The molecule has 0 bridgehead atoms. The number of alkyl halides is 3. The minimum atomic E-state index is -5.08. The second-order valence-electron chi connectivity index (χ2n) is 5.20. The molecule has 2 aromatic heterocycles. The number of aliphatic carboxylic acids is 1. The van der Waals surface area contributed by atoms with Crippen molar-refractivity contribution in [1.29, 1.82) is 0 Å². The van der Waals surface area contributed by atoms with Crippen LogP contribution >= 0.6 is 0 Å². The smallest absolute Gasteiger partial charge is 0.475 e. The molecule has 0 aliphatic carbocycles. The van der Waals surface area contributed by atoms with Crippen molar-refractivity contribution in [2.75, 3.05) is 0 Å². The van der Waals surface area contributed by atoms with Crippen LogP contribution in [0.3, 0.4) is 0 Å². The number of benzene rings is 1. The molecule has 3 aromatic rings. The largest absolute Gasteiger partial charge is 0.490 e. The average molecular weight is 394 g/mol. The highest BCUT2D eigenvalue weighted by Gasteiger charge is 2.38. The normalized spacial score (nSPS) is 10.7. The molecule has 1 aromatic carbocycles. The predicted octanol–water partition coefficient (Wildman–Crippen LogP) is 1.47. The van der Waals surface area contributed by atoms with Crippen molar-refractivity contribution in [3.63, 3.8) is 0 Å². The zero-order valence-corrected chi connectivity index (χ0v) is 14.0. The van der Waals surface area contributed by atoms with Gasteiger partial charge < -0.3 is 21.1 Å². The Labute approximate surface area is 155 Å². The number of aliphatic imine (C=N–C) groups is 1. The first-order valence-electron chi connectivity index (χ1n) is 7.42. The molecule has 0 spiro atoms. The first-order chi connectivity index (χ1) is 13.1. The summed E-state index contributed by atoms with van der Waals surface area (Å²) < 4.78 is 33.5. The molecule has 0 saturated heterocycles. The third kappa shape index (κ3) is 5.03. The Hall–Kier alpha value is -3.96. The number of guanidine groups is 1. The standard InChI is InChI=1S/C14H12N6O.C2HF3O2/c15-14(16)18-13(21)9-5-6-20(8-9)12-7-17-19-11-4-2-1-3-10(11)12;3-2(4,5)1(6)7/h1-8H,(H4,15,16,18,21);(H,6,7). The summed E-state index contributed by atoms with van der Waals surface area (Å²) in [7, 11) is 0. The lowest BCUT2D eigenvalue weighted by Gasteiger charge is -2.05. The van der Waals surface area contributed by atoms with E-state index in [1.807, 2.05) is 24.3 Å². The van der Waals surface area contributed by atoms with Gasteiger partial charge in [0.2, 0.25) is 0 Å². The number of hydrogen-bond acceptors (Lipinski definition) is 4. The van der Waals surface area contributed by atoms with Crippen LogP contribution in [0.5, 0.6) is 0 Å². The van der Waals surface area contributed by atoms with Crippen LogP contribution in [-0.2, 0) is 4.79 Å². The molecule has 0 atom stereocenters. The highest BCUT2D eigenvalue weighted by atomic mass is 19.4. The molecule has 0 aliphatic rings. The minimum Gasteiger partial charge on any atom is -0.475 e. The lowest BCUT2D eigenvalue weighted by atomic mass is 10.2. The number of amides is 1. The quantitative estimate of drug-likeness (QED) is 0.440. The molecular formula is C16H13F3N6O3. The van der Waals surface area contributed by atoms with E-state index in [1.54, 1.807) is 29.2 Å². The van der Waals surface area contributed by atoms with Crippen molar-refractivity contribution >= 4 is 28.7 Å². The van der Waals surface area contributed by atoms with Crippen LogP contribution in [0.4, 0.5) is 13.2 Å². The topological polar surface area (TPSA) is 149 Å². The summed E-state index contributed by atoms with van der Waals surface area (Å²) in [4.78, 5) is 24.2. The first-order valence-corrected chi connectivity index (χ1v) is 7.42. The van der Waals surface area contributed by atoms with Gasteiger partial charge in [-0.2, -0.15) is 28.4 Å². The van der Waals surface area contributed by atoms with E-state index < -0.39 is 18.1 Å². The van der Waals surface area contributed by atoms with Crippen molar-refractivity contribution in [3.05, 3.63) is 54.5 Å². The zero-order valence-electron chi connectivity index (χ0n) is 14.0. The van der Waals surface area contributed by atoms with Crippen molar-refractivity contribution < 1.29 is 27.9 Å². The third-order valence-electron chi connectivity index (χ3n) is 3.22. The number of aromatic nitrogens is 3. The summed E-state index contributed by atoms with van der Waals surface area (Å²) in [5, 5.41) is 16.1. The van der Waals surface area contributed by atoms with Gasteiger partial charge in [0.1, 0.15) is 0 Å². The Morgan fingerprint density at radius 2 is 1.79 bits per heavy atom. The van der Waals surface area contributed by atoms with Gasteiger partial charge in [0, 0.05) is 17.8 Å². The lowest BCUT2D eigenvalue weighted by Crippen LogP contribution is -2.24. The number of fused-ring (bicyclic) bond motifs is 1. The van der Waals surface area contributed by atoms with E-state index in [1.165, 1.54) is 0 Å². The second-order valence-corrected chi connectivity index (χ2v) is 5.20. The summed E-state index contributed by atoms with van der Waals surface area (Å²) in [6.07, 6.45) is -0.0473. The molecule has 0 saturated carbocycles. The van der Waals surface area contributed by atoms with E-state index in [-0.39, 0.29) is 5.96 Å². The summed E-state index contributed by atoms with van der Waals surface area (Å²) >= 11 is 0. The van der Waals surface area contributed by atoms with E-state index in [0.29, 0.717) is 5.56 Å². The number of nitrogens with two attached hydrogens (primary N) is 2. The van der Waals surface area contributed by atoms with Gasteiger partial charge in [-0.15, -0.1) is 0 Å². The molecule has 2 heterocycles.